The van der Waals surface area contributed by atoms with Gasteiger partial charge < -0.3 is 75.0 Å². The van der Waals surface area contributed by atoms with Gasteiger partial charge in [-0.15, -0.1) is 0 Å². The molecule has 0 aromatic heterocycles. The van der Waals surface area contributed by atoms with E-state index in [0.29, 0.717) is 98.3 Å². The van der Waals surface area contributed by atoms with Gasteiger partial charge in [-0.1, -0.05) is 123 Å². The number of carboxylic acids is 1. The number of nitrogens with one attached hydrogen (secondary N) is 5. The second kappa shape index (κ2) is 43.1. The summed E-state index contributed by atoms with van der Waals surface area (Å²) >= 11 is 0. The number of anilines is 3. The number of amides is 4. The Hall–Kier alpha value is -11.4. The molecule has 9 aromatic carbocycles. The van der Waals surface area contributed by atoms with Crippen molar-refractivity contribution in [3.05, 3.63) is 235 Å². The molecule has 0 aliphatic carbocycles. The van der Waals surface area contributed by atoms with Crippen molar-refractivity contribution in [2.75, 3.05) is 94.5 Å². The summed E-state index contributed by atoms with van der Waals surface area (Å²) in [7, 11) is 0. The number of rotatable bonds is 27. The Kier molecular flexibility index (Phi) is 32.7. The van der Waals surface area contributed by atoms with Gasteiger partial charge in [-0.2, -0.15) is 0 Å². The molecule has 20 nitrogen and oxygen atoms in total. The van der Waals surface area contributed by atoms with Crippen LogP contribution in [0.4, 0.5) is 26.7 Å². The summed E-state index contributed by atoms with van der Waals surface area (Å²) in [6.45, 7) is 32.8. The molecule has 3 fully saturated rings. The van der Waals surface area contributed by atoms with E-state index in [9.17, 15) is 29.1 Å². The van der Waals surface area contributed by atoms with Crippen molar-refractivity contribution in [2.45, 2.75) is 151 Å². The average Bonchev–Trinajstić information content (AvgIpc) is 1.08. The van der Waals surface area contributed by atoms with Gasteiger partial charge in [0, 0.05) is 76.1 Å². The van der Waals surface area contributed by atoms with Crippen molar-refractivity contribution >= 4 is 47.0 Å². The van der Waals surface area contributed by atoms with E-state index >= 15 is 0 Å². The fraction of sp³-hybridized carbons (Fsp3) is 0.372. The lowest BCUT2D eigenvalue weighted by molar-refractivity contribution is 0.0224. The minimum absolute atomic E-state index is 0.0103. The molecule has 20 heteroatoms. The number of likely N-dealkylation sites (tertiary alicyclic amines) is 2. The predicted octanol–water partition coefficient (Wildman–Crippen LogP) is 20.5. The first kappa shape index (κ1) is 86.6. The first-order chi connectivity index (χ1) is 55.0. The quantitative estimate of drug-likeness (QED) is 0.0282. The van der Waals surface area contributed by atoms with Crippen molar-refractivity contribution in [2.24, 2.45) is 0 Å². The topological polar surface area (TPSA) is 225 Å². The molecule has 4 amide bonds. The van der Waals surface area contributed by atoms with E-state index in [-0.39, 0.29) is 41.6 Å². The first-order valence-corrected chi connectivity index (χ1v) is 40.4. The zero-order chi connectivity index (χ0) is 81.6. The van der Waals surface area contributed by atoms with Gasteiger partial charge in [-0.3, -0.25) is 9.59 Å². The van der Waals surface area contributed by atoms with E-state index in [1.165, 1.54) is 25.0 Å². The molecule has 3 aliphatic heterocycles. The van der Waals surface area contributed by atoms with Gasteiger partial charge in [-0.05, 0) is 270 Å². The standard InChI is InChI=1S/C33H41N3O4.C29H32N2O5.C28H33N3O2.C4H11N/c1-6-35(7-2)31(37)25-15-18-28(19-16-25)39-30-22-26(24-12-9-8-10-13-24)17-20-29(30)34-23-27-14-11-21-36(27)32(38)40-33(3,4)5;1-29(2,3)36-28(34)31-17-7-10-23(31)19-30-25-16-13-22(20-8-5-4-6-9-20)18-26(25)35-24-14-11-21(12-15-24)27(32)33;1-3-31(4-2)28(32)22-12-15-25(16-13-22)33-27-19-23(21-9-6-5-7-10-21)14-17-26(27)30-20-24-11-8-18-29-24;1-3-5-4-2/h8-10,12-13,15-20,22,27,34H,6-7,11,14,21,23H2,1-5H3;4-6,8-9,11-16,18,23,30H,7,10,17,19H2,1-3H3,(H,32,33);5-7,9-10,12-17,19,24,29-30H,3-4,8,11,18,20H2,1-2H3;5H,3-4H2,1-2H3/t27-;23-;24-;/m000./s1. The lowest BCUT2D eigenvalue weighted by atomic mass is 10.0. The Morgan fingerprint density at radius 1 is 0.412 bits per heavy atom. The SMILES string of the molecule is CC(C)(C)OC(=O)N1CCC[C@H]1CNc1ccc(-c2ccccc2)cc1Oc1ccc(C(=O)O)cc1.CCN(CC)C(=O)c1ccc(Oc2cc(-c3ccccc3)ccc2NC[C@@H]2CCCN2)cc1.CCN(CC)C(=O)c1ccc(Oc2cc(-c3ccccc3)ccc2NC[C@@H]2CCCN2C(=O)OC(C)(C)C)cc1.CCNCC. The Labute approximate surface area is 674 Å². The van der Waals surface area contributed by atoms with Crippen molar-refractivity contribution in [3.8, 4) is 67.9 Å². The van der Waals surface area contributed by atoms with Gasteiger partial charge >= 0.3 is 18.2 Å². The van der Waals surface area contributed by atoms with Crippen LogP contribution in [0.25, 0.3) is 33.4 Å². The molecule has 3 heterocycles. The third-order valence-electron chi connectivity index (χ3n) is 19.6. The van der Waals surface area contributed by atoms with Crippen LogP contribution >= 0.6 is 0 Å². The number of nitrogens with zero attached hydrogens (tertiary/aromatic N) is 4. The maximum Gasteiger partial charge on any atom is 0.410 e. The van der Waals surface area contributed by atoms with Gasteiger partial charge in [0.15, 0.2) is 17.2 Å². The third-order valence-corrected chi connectivity index (χ3v) is 19.6. The molecule has 0 radical (unpaired) electrons. The van der Waals surface area contributed by atoms with Crippen LogP contribution in [0.5, 0.6) is 34.5 Å². The van der Waals surface area contributed by atoms with Gasteiger partial charge in [-0.25, -0.2) is 14.4 Å². The normalized spacial score (nSPS) is 14.9. The Bertz CT molecular complexity index is 4480. The van der Waals surface area contributed by atoms with Crippen LogP contribution in [0.3, 0.4) is 0 Å². The number of hydrogen-bond donors (Lipinski definition) is 6. The van der Waals surface area contributed by atoms with Crippen LogP contribution < -0.4 is 40.8 Å². The number of aromatic carboxylic acids is 1. The first-order valence-electron chi connectivity index (χ1n) is 40.4. The maximum atomic E-state index is 12.8. The van der Waals surface area contributed by atoms with Crippen LogP contribution in [0, 0.1) is 0 Å². The van der Waals surface area contributed by atoms with Crippen LogP contribution in [0.1, 0.15) is 153 Å². The van der Waals surface area contributed by atoms with E-state index in [0.717, 1.165) is 108 Å². The second-order valence-corrected chi connectivity index (χ2v) is 30.2. The highest BCUT2D eigenvalue weighted by atomic mass is 16.6. The molecular formula is C94H117N9O11. The molecule has 0 spiro atoms. The van der Waals surface area contributed by atoms with Crippen LogP contribution in [0.15, 0.2) is 218 Å². The lowest BCUT2D eigenvalue weighted by Crippen LogP contribution is -2.42. The minimum atomic E-state index is -0.985. The molecule has 0 saturated carbocycles. The smallest absolute Gasteiger partial charge is 0.410 e. The van der Waals surface area contributed by atoms with Crippen molar-refractivity contribution < 1.29 is 52.8 Å². The number of carbonyl (C=O) groups excluding carboxylic acids is 4. The number of carboxylic acid groups (broad SMARTS) is 1. The average molecular weight is 1550 g/mol. The van der Waals surface area contributed by atoms with Crippen molar-refractivity contribution in [1.82, 2.24) is 30.2 Å². The second-order valence-electron chi connectivity index (χ2n) is 30.2. The molecule has 604 valence electrons. The van der Waals surface area contributed by atoms with Gasteiger partial charge in [0.1, 0.15) is 28.5 Å². The highest BCUT2D eigenvalue weighted by molar-refractivity contribution is 5.95. The summed E-state index contributed by atoms with van der Waals surface area (Å²) in [6.07, 6.45) is 5.52. The molecular weight excluding hydrogens is 1430 g/mol. The van der Waals surface area contributed by atoms with Gasteiger partial charge in [0.2, 0.25) is 0 Å². The molecule has 9 aromatic rings. The number of ether oxygens (including phenoxy) is 5. The van der Waals surface area contributed by atoms with Crippen LogP contribution in [-0.4, -0.2) is 163 Å². The maximum absolute atomic E-state index is 12.8. The third kappa shape index (κ3) is 26.1. The van der Waals surface area contributed by atoms with E-state index in [2.05, 4.69) is 89.0 Å². The fourth-order valence-corrected chi connectivity index (χ4v) is 13.5. The van der Waals surface area contributed by atoms with E-state index in [1.807, 2.05) is 212 Å². The fourth-order valence-electron chi connectivity index (χ4n) is 13.5. The zero-order valence-electron chi connectivity index (χ0n) is 68.6. The lowest BCUT2D eigenvalue weighted by Gasteiger charge is -2.29. The summed E-state index contributed by atoms with van der Waals surface area (Å²) in [4.78, 5) is 69.2. The van der Waals surface area contributed by atoms with Crippen molar-refractivity contribution in [3.63, 3.8) is 0 Å². The molecule has 3 saturated heterocycles. The highest BCUT2D eigenvalue weighted by Crippen LogP contribution is 2.39. The minimum Gasteiger partial charge on any atom is -0.478 e. The summed E-state index contributed by atoms with van der Waals surface area (Å²) in [5, 5.41) is 26.4. The monoisotopic (exact) mass is 1550 g/mol. The summed E-state index contributed by atoms with van der Waals surface area (Å²) in [5.74, 6) is 3.01. The number of carbonyl (C=O) groups is 5. The molecule has 6 N–H and O–H groups in total. The Balaban J connectivity index is 0.000000191. The molecule has 3 aliphatic rings. The summed E-state index contributed by atoms with van der Waals surface area (Å²) in [5.41, 5.74) is 9.44. The highest BCUT2D eigenvalue weighted by Gasteiger charge is 2.34. The molecule has 3 atom stereocenters. The van der Waals surface area contributed by atoms with E-state index in [1.54, 1.807) is 34.1 Å². The summed E-state index contributed by atoms with van der Waals surface area (Å²) < 4.78 is 30.1. The van der Waals surface area contributed by atoms with E-state index < -0.39 is 17.2 Å². The predicted molar refractivity (Wildman–Crippen MR) is 459 cm³/mol. The molecule has 12 rings (SSSR count). The molecule has 0 bridgehead atoms. The number of hydrogen-bond acceptors (Lipinski definition) is 15. The van der Waals surface area contributed by atoms with E-state index in [4.69, 9.17) is 23.7 Å². The number of benzene rings is 9. The van der Waals surface area contributed by atoms with Crippen LogP contribution in [0.2, 0.25) is 0 Å². The summed E-state index contributed by atoms with van der Waals surface area (Å²) in [6, 6.07) is 70.3. The van der Waals surface area contributed by atoms with Crippen molar-refractivity contribution in [1.29, 1.82) is 0 Å². The largest absolute Gasteiger partial charge is 0.478 e. The molecule has 0 unspecified atom stereocenters. The molecule has 114 heavy (non-hydrogen) atoms. The Morgan fingerprint density at radius 2 is 0.746 bits per heavy atom. The van der Waals surface area contributed by atoms with Gasteiger partial charge in [0.05, 0.1) is 34.7 Å². The van der Waals surface area contributed by atoms with Gasteiger partial charge in [0.25, 0.3) is 11.8 Å². The Morgan fingerprint density at radius 3 is 1.04 bits per heavy atom. The van der Waals surface area contributed by atoms with Crippen LogP contribution in [-0.2, 0) is 9.47 Å². The zero-order valence-corrected chi connectivity index (χ0v) is 68.6.